The standard InChI is InChI=1S/C24H28N2O4/c1-24(2,29)17-7-8-22-20(13-17)18(19-5-3-10-25-21(19)15-30-22)6-4-11-26-12-9-16(14-26)23(27)28/h3,5-8,10,13,16,29H,4,9,11-12,14-15H2,1-2H3,(H,27,28)/b18-6-. The zero-order chi connectivity index (χ0) is 21.3. The van der Waals surface area contributed by atoms with E-state index >= 15 is 0 Å². The Morgan fingerprint density at radius 2 is 2.17 bits per heavy atom. The number of likely N-dealkylation sites (tertiary alicyclic amines) is 1. The highest BCUT2D eigenvalue weighted by Gasteiger charge is 2.28. The highest BCUT2D eigenvalue weighted by molar-refractivity contribution is 5.84. The van der Waals surface area contributed by atoms with E-state index in [0.29, 0.717) is 19.6 Å². The zero-order valence-electron chi connectivity index (χ0n) is 17.5. The smallest absolute Gasteiger partial charge is 0.307 e. The molecule has 158 valence electrons. The Bertz CT molecular complexity index is 977. The molecule has 30 heavy (non-hydrogen) atoms. The Morgan fingerprint density at radius 3 is 2.90 bits per heavy atom. The van der Waals surface area contributed by atoms with Crippen LogP contribution in [0.4, 0.5) is 0 Å². The van der Waals surface area contributed by atoms with Crippen LogP contribution in [0.5, 0.6) is 5.75 Å². The van der Waals surface area contributed by atoms with Crippen molar-refractivity contribution in [2.45, 2.75) is 38.9 Å². The van der Waals surface area contributed by atoms with Crippen LogP contribution in [0.1, 0.15) is 49.1 Å². The second-order valence-corrected chi connectivity index (χ2v) is 8.59. The lowest BCUT2D eigenvalue weighted by molar-refractivity contribution is -0.141. The van der Waals surface area contributed by atoms with Gasteiger partial charge < -0.3 is 19.8 Å². The van der Waals surface area contributed by atoms with Gasteiger partial charge in [0.25, 0.3) is 0 Å². The van der Waals surface area contributed by atoms with Gasteiger partial charge in [-0.15, -0.1) is 0 Å². The molecule has 1 unspecified atom stereocenters. The fourth-order valence-corrected chi connectivity index (χ4v) is 4.19. The van der Waals surface area contributed by atoms with Crippen molar-refractivity contribution >= 4 is 11.5 Å². The number of aliphatic carboxylic acids is 1. The average molecular weight is 408 g/mol. The van der Waals surface area contributed by atoms with Gasteiger partial charge in [0.05, 0.1) is 17.2 Å². The summed E-state index contributed by atoms with van der Waals surface area (Å²) in [5.41, 5.74) is 3.79. The molecule has 6 nitrogen and oxygen atoms in total. The molecule has 0 bridgehead atoms. The van der Waals surface area contributed by atoms with Crippen LogP contribution in [0.15, 0.2) is 42.6 Å². The van der Waals surface area contributed by atoms with Crippen LogP contribution in [0, 0.1) is 5.92 Å². The van der Waals surface area contributed by atoms with Crippen LogP contribution in [-0.2, 0) is 17.0 Å². The van der Waals surface area contributed by atoms with E-state index in [0.717, 1.165) is 53.2 Å². The molecule has 1 atom stereocenters. The van der Waals surface area contributed by atoms with Gasteiger partial charge in [0.15, 0.2) is 0 Å². The second-order valence-electron chi connectivity index (χ2n) is 8.59. The number of aliphatic hydroxyl groups is 1. The molecule has 6 heteroatoms. The monoisotopic (exact) mass is 408 g/mol. The number of fused-ring (bicyclic) bond motifs is 2. The summed E-state index contributed by atoms with van der Waals surface area (Å²) < 4.78 is 6.03. The Kier molecular flexibility index (Phi) is 5.62. The van der Waals surface area contributed by atoms with Crippen molar-refractivity contribution in [1.29, 1.82) is 0 Å². The van der Waals surface area contributed by atoms with Gasteiger partial charge in [-0.3, -0.25) is 9.78 Å². The minimum absolute atomic E-state index is 0.260. The van der Waals surface area contributed by atoms with Crippen molar-refractivity contribution in [2.75, 3.05) is 19.6 Å². The van der Waals surface area contributed by atoms with E-state index in [9.17, 15) is 15.0 Å². The predicted octanol–water partition coefficient (Wildman–Crippen LogP) is 3.43. The largest absolute Gasteiger partial charge is 0.487 e. The first-order valence-corrected chi connectivity index (χ1v) is 10.4. The third kappa shape index (κ3) is 4.25. The lowest BCUT2D eigenvalue weighted by Gasteiger charge is -2.20. The molecule has 0 amide bonds. The second kappa shape index (κ2) is 8.20. The number of carbonyl (C=O) groups is 1. The maximum Gasteiger partial charge on any atom is 0.307 e. The van der Waals surface area contributed by atoms with Gasteiger partial charge >= 0.3 is 5.97 Å². The van der Waals surface area contributed by atoms with Gasteiger partial charge in [0.1, 0.15) is 12.4 Å². The van der Waals surface area contributed by atoms with Gasteiger partial charge in [-0.25, -0.2) is 0 Å². The minimum Gasteiger partial charge on any atom is -0.487 e. The van der Waals surface area contributed by atoms with E-state index in [1.54, 1.807) is 20.0 Å². The number of carboxylic acids is 1. The molecule has 2 N–H and O–H groups in total. The molecule has 0 saturated carbocycles. The van der Waals surface area contributed by atoms with Gasteiger partial charge in [0.2, 0.25) is 0 Å². The van der Waals surface area contributed by atoms with Crippen molar-refractivity contribution in [2.24, 2.45) is 5.92 Å². The van der Waals surface area contributed by atoms with Crippen LogP contribution in [-0.4, -0.2) is 45.7 Å². The number of hydrogen-bond acceptors (Lipinski definition) is 5. The summed E-state index contributed by atoms with van der Waals surface area (Å²) in [4.78, 5) is 17.9. The van der Waals surface area contributed by atoms with Crippen LogP contribution in [0.25, 0.3) is 5.57 Å². The zero-order valence-corrected chi connectivity index (χ0v) is 17.5. The van der Waals surface area contributed by atoms with E-state index in [2.05, 4.69) is 22.0 Å². The Hall–Kier alpha value is -2.70. The van der Waals surface area contributed by atoms with Crippen molar-refractivity contribution in [3.8, 4) is 5.75 Å². The summed E-state index contributed by atoms with van der Waals surface area (Å²) in [7, 11) is 0. The quantitative estimate of drug-likeness (QED) is 0.789. The topological polar surface area (TPSA) is 82.9 Å². The van der Waals surface area contributed by atoms with E-state index < -0.39 is 11.6 Å². The number of rotatable bonds is 5. The molecular formula is C24H28N2O4. The highest BCUT2D eigenvalue weighted by atomic mass is 16.5. The van der Waals surface area contributed by atoms with Crippen LogP contribution in [0.2, 0.25) is 0 Å². The van der Waals surface area contributed by atoms with E-state index in [4.69, 9.17) is 4.74 Å². The number of aromatic nitrogens is 1. The maximum atomic E-state index is 11.2. The van der Waals surface area contributed by atoms with Crippen LogP contribution < -0.4 is 4.74 Å². The highest BCUT2D eigenvalue weighted by Crippen LogP contribution is 2.38. The van der Waals surface area contributed by atoms with E-state index in [1.165, 1.54) is 0 Å². The van der Waals surface area contributed by atoms with Crippen molar-refractivity contribution in [3.05, 3.63) is 65.0 Å². The number of hydrogen-bond donors (Lipinski definition) is 2. The first-order chi connectivity index (χ1) is 14.3. The molecule has 2 aliphatic rings. The maximum absolute atomic E-state index is 11.2. The number of pyridine rings is 1. The Balaban J connectivity index is 1.65. The molecule has 0 aliphatic carbocycles. The lowest BCUT2D eigenvalue weighted by atomic mass is 9.90. The average Bonchev–Trinajstić information content (AvgIpc) is 3.13. The normalized spacial score (nSPS) is 20.4. The summed E-state index contributed by atoms with van der Waals surface area (Å²) in [6, 6.07) is 9.80. The van der Waals surface area contributed by atoms with E-state index in [-0.39, 0.29) is 5.92 Å². The molecule has 2 aromatic rings. The molecule has 4 rings (SSSR count). The summed E-state index contributed by atoms with van der Waals surface area (Å²) >= 11 is 0. The molecule has 1 fully saturated rings. The number of nitrogens with zero attached hydrogens (tertiary/aromatic N) is 2. The summed E-state index contributed by atoms with van der Waals surface area (Å²) in [5, 5.41) is 19.7. The fourth-order valence-electron chi connectivity index (χ4n) is 4.19. The minimum atomic E-state index is -0.953. The fraction of sp³-hybridized carbons (Fsp3) is 0.417. The third-order valence-electron chi connectivity index (χ3n) is 5.94. The number of carboxylic acid groups (broad SMARTS) is 1. The molecule has 1 aromatic heterocycles. The van der Waals surface area contributed by atoms with Crippen LogP contribution in [0.3, 0.4) is 0 Å². The number of ether oxygens (including phenoxy) is 1. The summed E-state index contributed by atoms with van der Waals surface area (Å²) in [6.07, 6.45) is 5.47. The SMILES string of the molecule is CC(C)(O)c1ccc2c(c1)/C(=C\CCN1CCC(C(=O)O)C1)c1cccnc1CO2. The van der Waals surface area contributed by atoms with Gasteiger partial charge in [-0.1, -0.05) is 18.2 Å². The van der Waals surface area contributed by atoms with Gasteiger partial charge in [0, 0.05) is 30.4 Å². The van der Waals surface area contributed by atoms with Crippen molar-refractivity contribution in [1.82, 2.24) is 9.88 Å². The lowest BCUT2D eigenvalue weighted by Crippen LogP contribution is -2.24. The Labute approximate surface area is 176 Å². The van der Waals surface area contributed by atoms with Crippen molar-refractivity contribution < 1.29 is 19.7 Å². The summed E-state index contributed by atoms with van der Waals surface area (Å²) in [6.45, 7) is 6.19. The Morgan fingerprint density at radius 1 is 1.33 bits per heavy atom. The number of benzene rings is 1. The summed E-state index contributed by atoms with van der Waals surface area (Å²) in [5.74, 6) is -0.187. The first-order valence-electron chi connectivity index (χ1n) is 10.4. The molecule has 2 aliphatic heterocycles. The predicted molar refractivity (Wildman–Crippen MR) is 114 cm³/mol. The molecule has 0 spiro atoms. The van der Waals surface area contributed by atoms with E-state index in [1.807, 2.05) is 24.3 Å². The molecular weight excluding hydrogens is 380 g/mol. The molecule has 3 heterocycles. The molecule has 1 aromatic carbocycles. The molecule has 0 radical (unpaired) electrons. The third-order valence-corrected chi connectivity index (χ3v) is 5.94. The van der Waals surface area contributed by atoms with Gasteiger partial charge in [-0.2, -0.15) is 0 Å². The first kappa shape index (κ1) is 20.6. The van der Waals surface area contributed by atoms with Crippen molar-refractivity contribution in [3.63, 3.8) is 0 Å². The van der Waals surface area contributed by atoms with Crippen LogP contribution >= 0.6 is 0 Å². The molecule has 1 saturated heterocycles. The van der Waals surface area contributed by atoms with Gasteiger partial charge in [-0.05, 0) is 62.6 Å².